The van der Waals surface area contributed by atoms with Gasteiger partial charge in [-0.2, -0.15) is 0 Å². The van der Waals surface area contributed by atoms with E-state index in [1.54, 1.807) is 4.90 Å². The number of likely N-dealkylation sites (tertiary alicyclic amines) is 1. The molecule has 0 aromatic rings. The number of nitrogens with one attached hydrogen (secondary N) is 2. The van der Waals surface area contributed by atoms with Crippen molar-refractivity contribution in [2.24, 2.45) is 0 Å². The third-order valence-electron chi connectivity index (χ3n) is 4.51. The van der Waals surface area contributed by atoms with Crippen molar-refractivity contribution < 1.29 is 18.0 Å². The maximum atomic E-state index is 12.1. The van der Waals surface area contributed by atoms with E-state index in [2.05, 4.69) is 10.0 Å². The van der Waals surface area contributed by atoms with Crippen LogP contribution in [0.4, 0.5) is 0 Å². The zero-order valence-corrected chi connectivity index (χ0v) is 14.5. The van der Waals surface area contributed by atoms with Crippen molar-refractivity contribution in [1.29, 1.82) is 0 Å². The van der Waals surface area contributed by atoms with Crippen LogP contribution in [0.1, 0.15) is 51.4 Å². The highest BCUT2D eigenvalue weighted by molar-refractivity contribution is 7.88. The summed E-state index contributed by atoms with van der Waals surface area (Å²) in [6.07, 6.45) is 7.26. The Labute approximate surface area is 138 Å². The van der Waals surface area contributed by atoms with Crippen LogP contribution in [0.25, 0.3) is 0 Å². The van der Waals surface area contributed by atoms with Crippen molar-refractivity contribution in [3.63, 3.8) is 0 Å². The Morgan fingerprint density at radius 3 is 2.17 bits per heavy atom. The van der Waals surface area contributed by atoms with Gasteiger partial charge in [0.05, 0.1) is 6.26 Å². The molecule has 0 radical (unpaired) electrons. The largest absolute Gasteiger partial charge is 0.353 e. The van der Waals surface area contributed by atoms with Gasteiger partial charge in [0, 0.05) is 38.0 Å². The second kappa shape index (κ2) is 8.10. The predicted octanol–water partition coefficient (Wildman–Crippen LogP) is 0.366. The molecule has 0 spiro atoms. The normalized spacial score (nSPS) is 20.7. The van der Waals surface area contributed by atoms with Crippen LogP contribution in [-0.2, 0) is 19.6 Å². The van der Waals surface area contributed by atoms with Gasteiger partial charge in [-0.15, -0.1) is 0 Å². The van der Waals surface area contributed by atoms with Crippen LogP contribution in [0.2, 0.25) is 0 Å². The molecule has 23 heavy (non-hydrogen) atoms. The summed E-state index contributed by atoms with van der Waals surface area (Å²) in [5.74, 6) is -0.0664. The number of carbonyl (C=O) groups excluding carboxylic acids is 2. The predicted molar refractivity (Wildman–Crippen MR) is 87.2 cm³/mol. The van der Waals surface area contributed by atoms with E-state index >= 15 is 0 Å². The molecule has 0 aromatic carbocycles. The molecular formula is C15H27N3O4S. The Kier molecular flexibility index (Phi) is 6.41. The number of piperidine rings is 1. The summed E-state index contributed by atoms with van der Waals surface area (Å²) < 4.78 is 25.0. The Morgan fingerprint density at radius 1 is 1.00 bits per heavy atom. The summed E-state index contributed by atoms with van der Waals surface area (Å²) in [5.41, 5.74) is 0. The van der Waals surface area contributed by atoms with Gasteiger partial charge >= 0.3 is 0 Å². The standard InChI is InChI=1S/C15H27N3O4S/c1-23(21,22)17-13-8-10-18(11-9-13)15(20)7-6-14(19)16-12-4-2-3-5-12/h12-13,17H,2-11H2,1H3,(H,16,19). The van der Waals surface area contributed by atoms with Crippen molar-refractivity contribution in [2.45, 2.75) is 63.5 Å². The molecule has 0 unspecified atom stereocenters. The Balaban J connectivity index is 1.65. The van der Waals surface area contributed by atoms with Crippen molar-refractivity contribution in [3.8, 4) is 0 Å². The Bertz CT molecular complexity index is 521. The van der Waals surface area contributed by atoms with Gasteiger partial charge in [-0.05, 0) is 25.7 Å². The third-order valence-corrected chi connectivity index (χ3v) is 5.28. The van der Waals surface area contributed by atoms with E-state index in [0.717, 1.165) is 19.1 Å². The molecule has 1 aliphatic carbocycles. The zero-order valence-electron chi connectivity index (χ0n) is 13.7. The summed E-state index contributed by atoms with van der Waals surface area (Å²) in [6, 6.07) is 0.190. The summed E-state index contributed by atoms with van der Waals surface area (Å²) in [6.45, 7) is 1.08. The lowest BCUT2D eigenvalue weighted by atomic mass is 10.1. The number of sulfonamides is 1. The number of rotatable bonds is 6. The minimum atomic E-state index is -3.20. The summed E-state index contributed by atoms with van der Waals surface area (Å²) in [4.78, 5) is 25.7. The molecule has 7 nitrogen and oxygen atoms in total. The topological polar surface area (TPSA) is 95.6 Å². The Hall–Kier alpha value is -1.15. The van der Waals surface area contributed by atoms with E-state index in [1.807, 2.05) is 0 Å². The van der Waals surface area contributed by atoms with Crippen molar-refractivity contribution >= 4 is 21.8 Å². The molecule has 1 saturated heterocycles. The smallest absolute Gasteiger partial charge is 0.223 e. The van der Waals surface area contributed by atoms with E-state index < -0.39 is 10.0 Å². The average molecular weight is 345 g/mol. The molecule has 1 aliphatic heterocycles. The minimum absolute atomic E-state index is 0.0237. The van der Waals surface area contributed by atoms with E-state index in [-0.39, 0.29) is 36.7 Å². The van der Waals surface area contributed by atoms with Gasteiger partial charge in [-0.3, -0.25) is 9.59 Å². The van der Waals surface area contributed by atoms with Gasteiger partial charge in [0.1, 0.15) is 0 Å². The van der Waals surface area contributed by atoms with Crippen LogP contribution in [0.5, 0.6) is 0 Å². The van der Waals surface area contributed by atoms with Crippen LogP contribution in [-0.4, -0.2) is 56.6 Å². The summed E-state index contributed by atoms with van der Waals surface area (Å²) >= 11 is 0. The number of amides is 2. The first-order valence-electron chi connectivity index (χ1n) is 8.38. The van der Waals surface area contributed by atoms with Gasteiger partial charge in [0.25, 0.3) is 0 Å². The number of hydrogen-bond donors (Lipinski definition) is 2. The van der Waals surface area contributed by atoms with Crippen molar-refractivity contribution in [1.82, 2.24) is 14.9 Å². The molecule has 0 atom stereocenters. The van der Waals surface area contributed by atoms with Crippen LogP contribution in [0.15, 0.2) is 0 Å². The van der Waals surface area contributed by atoms with Crippen LogP contribution >= 0.6 is 0 Å². The fourth-order valence-electron chi connectivity index (χ4n) is 3.30. The fourth-order valence-corrected chi connectivity index (χ4v) is 4.14. The molecule has 2 rings (SSSR count). The summed E-state index contributed by atoms with van der Waals surface area (Å²) in [5, 5.41) is 2.98. The number of hydrogen-bond acceptors (Lipinski definition) is 4. The third kappa shape index (κ3) is 6.47. The SMILES string of the molecule is CS(=O)(=O)NC1CCN(C(=O)CCC(=O)NC2CCCC2)CC1. The molecule has 1 saturated carbocycles. The number of nitrogens with zero attached hydrogens (tertiary/aromatic N) is 1. The molecule has 2 fully saturated rings. The van der Waals surface area contributed by atoms with Gasteiger partial charge in [-0.25, -0.2) is 13.1 Å². The Morgan fingerprint density at radius 2 is 1.61 bits per heavy atom. The highest BCUT2D eigenvalue weighted by Gasteiger charge is 2.25. The molecule has 1 heterocycles. The molecule has 2 aliphatic rings. The summed E-state index contributed by atoms with van der Waals surface area (Å²) in [7, 11) is -3.20. The lowest BCUT2D eigenvalue weighted by molar-refractivity contribution is -0.134. The van der Waals surface area contributed by atoms with E-state index in [4.69, 9.17) is 0 Å². The first kappa shape index (κ1) is 18.2. The highest BCUT2D eigenvalue weighted by atomic mass is 32.2. The molecule has 8 heteroatoms. The fraction of sp³-hybridized carbons (Fsp3) is 0.867. The van der Waals surface area contributed by atoms with Gasteiger partial charge in [-0.1, -0.05) is 12.8 Å². The van der Waals surface area contributed by atoms with E-state index in [9.17, 15) is 18.0 Å². The molecule has 2 amide bonds. The van der Waals surface area contributed by atoms with Crippen molar-refractivity contribution in [2.75, 3.05) is 19.3 Å². The van der Waals surface area contributed by atoms with E-state index in [1.165, 1.54) is 12.8 Å². The second-order valence-corrected chi connectivity index (χ2v) is 8.37. The lowest BCUT2D eigenvalue weighted by Crippen LogP contribution is -2.46. The monoisotopic (exact) mass is 345 g/mol. The van der Waals surface area contributed by atoms with Crippen LogP contribution in [0.3, 0.4) is 0 Å². The van der Waals surface area contributed by atoms with Crippen LogP contribution in [0, 0.1) is 0 Å². The van der Waals surface area contributed by atoms with Crippen molar-refractivity contribution in [3.05, 3.63) is 0 Å². The van der Waals surface area contributed by atoms with E-state index in [0.29, 0.717) is 25.9 Å². The van der Waals surface area contributed by atoms with Crippen LogP contribution < -0.4 is 10.0 Å². The quantitative estimate of drug-likeness (QED) is 0.727. The molecule has 0 aromatic heterocycles. The van der Waals surface area contributed by atoms with Gasteiger partial charge < -0.3 is 10.2 Å². The maximum absolute atomic E-state index is 12.1. The maximum Gasteiger partial charge on any atom is 0.223 e. The highest BCUT2D eigenvalue weighted by Crippen LogP contribution is 2.18. The number of carbonyl (C=O) groups is 2. The van der Waals surface area contributed by atoms with Gasteiger partial charge in [0.15, 0.2) is 0 Å². The lowest BCUT2D eigenvalue weighted by Gasteiger charge is -2.32. The molecule has 132 valence electrons. The zero-order chi connectivity index (χ0) is 16.9. The molecular weight excluding hydrogens is 318 g/mol. The molecule has 2 N–H and O–H groups in total. The average Bonchev–Trinajstić information content (AvgIpc) is 2.97. The molecule has 0 bridgehead atoms. The first-order valence-corrected chi connectivity index (χ1v) is 10.3. The second-order valence-electron chi connectivity index (χ2n) is 6.59. The minimum Gasteiger partial charge on any atom is -0.353 e. The first-order chi connectivity index (χ1) is 10.8. The van der Waals surface area contributed by atoms with Gasteiger partial charge in [0.2, 0.25) is 21.8 Å².